The van der Waals surface area contributed by atoms with Crippen LogP contribution in [0.5, 0.6) is 11.5 Å². The zero-order valence-electron chi connectivity index (χ0n) is 10.1. The van der Waals surface area contributed by atoms with Crippen LogP contribution in [0, 0.1) is 0 Å². The van der Waals surface area contributed by atoms with Crippen LogP contribution in [0.1, 0.15) is 23.5 Å². The van der Waals surface area contributed by atoms with E-state index in [-0.39, 0.29) is 6.04 Å². The largest absolute Gasteiger partial charge is 0.454 e. The Labute approximate surface area is 110 Å². The van der Waals surface area contributed by atoms with Crippen molar-refractivity contribution in [3.63, 3.8) is 0 Å². The summed E-state index contributed by atoms with van der Waals surface area (Å²) in [5.41, 5.74) is 1.12. The fourth-order valence-corrected chi connectivity index (χ4v) is 2.60. The van der Waals surface area contributed by atoms with Gasteiger partial charge in [-0.1, -0.05) is 12.1 Å². The SMILES string of the molecule is CC(NCc1cccc2c1OCO2)c1nccs1. The predicted molar refractivity (Wildman–Crippen MR) is 69.9 cm³/mol. The Balaban J connectivity index is 1.69. The molecule has 1 aromatic carbocycles. The second-order valence-electron chi connectivity index (χ2n) is 4.12. The molecule has 1 N–H and O–H groups in total. The molecule has 0 amide bonds. The number of fused-ring (bicyclic) bond motifs is 1. The van der Waals surface area contributed by atoms with Gasteiger partial charge in [0.1, 0.15) is 5.01 Å². The zero-order valence-corrected chi connectivity index (χ0v) is 10.9. The Hall–Kier alpha value is -1.59. The van der Waals surface area contributed by atoms with Gasteiger partial charge in [-0.2, -0.15) is 0 Å². The lowest BCUT2D eigenvalue weighted by atomic mass is 10.2. The van der Waals surface area contributed by atoms with E-state index < -0.39 is 0 Å². The molecule has 94 valence electrons. The third kappa shape index (κ3) is 2.19. The van der Waals surface area contributed by atoms with E-state index in [1.54, 1.807) is 11.3 Å². The highest BCUT2D eigenvalue weighted by Gasteiger charge is 2.17. The molecule has 0 aliphatic carbocycles. The molecular weight excluding hydrogens is 248 g/mol. The molecule has 0 bridgehead atoms. The van der Waals surface area contributed by atoms with E-state index in [9.17, 15) is 0 Å². The van der Waals surface area contributed by atoms with Crippen LogP contribution in [0.4, 0.5) is 0 Å². The van der Waals surface area contributed by atoms with E-state index >= 15 is 0 Å². The number of hydrogen-bond acceptors (Lipinski definition) is 5. The molecule has 1 aromatic heterocycles. The van der Waals surface area contributed by atoms with Crippen molar-refractivity contribution < 1.29 is 9.47 Å². The molecule has 1 unspecified atom stereocenters. The van der Waals surface area contributed by atoms with Gasteiger partial charge in [0.25, 0.3) is 0 Å². The van der Waals surface area contributed by atoms with E-state index in [0.29, 0.717) is 6.79 Å². The quantitative estimate of drug-likeness (QED) is 0.920. The molecular formula is C13H14N2O2S. The highest BCUT2D eigenvalue weighted by atomic mass is 32.1. The Kier molecular flexibility index (Phi) is 3.17. The summed E-state index contributed by atoms with van der Waals surface area (Å²) in [5.74, 6) is 1.69. The lowest BCUT2D eigenvalue weighted by molar-refractivity contribution is 0.173. The second-order valence-corrected chi connectivity index (χ2v) is 5.05. The average Bonchev–Trinajstić information content (AvgIpc) is 3.05. The van der Waals surface area contributed by atoms with Gasteiger partial charge in [0, 0.05) is 23.7 Å². The number of hydrogen-bond donors (Lipinski definition) is 1. The van der Waals surface area contributed by atoms with Crippen LogP contribution in [0.3, 0.4) is 0 Å². The molecule has 5 heteroatoms. The van der Waals surface area contributed by atoms with Crippen molar-refractivity contribution in [1.82, 2.24) is 10.3 Å². The van der Waals surface area contributed by atoms with Crippen molar-refractivity contribution in [2.24, 2.45) is 0 Å². The van der Waals surface area contributed by atoms with Crippen molar-refractivity contribution >= 4 is 11.3 Å². The third-order valence-corrected chi connectivity index (χ3v) is 3.86. The Morgan fingerprint density at radius 3 is 3.22 bits per heavy atom. The van der Waals surface area contributed by atoms with E-state index in [4.69, 9.17) is 9.47 Å². The number of thiazole rings is 1. The number of para-hydroxylation sites is 1. The summed E-state index contributed by atoms with van der Waals surface area (Å²) < 4.78 is 10.8. The number of nitrogens with zero attached hydrogens (tertiary/aromatic N) is 1. The monoisotopic (exact) mass is 262 g/mol. The summed E-state index contributed by atoms with van der Waals surface area (Å²) in [6.45, 7) is 3.17. The molecule has 0 fully saturated rings. The molecule has 0 saturated carbocycles. The minimum Gasteiger partial charge on any atom is -0.454 e. The first-order valence-corrected chi connectivity index (χ1v) is 6.73. The minimum atomic E-state index is 0.239. The van der Waals surface area contributed by atoms with Crippen molar-refractivity contribution in [2.45, 2.75) is 19.5 Å². The van der Waals surface area contributed by atoms with Gasteiger partial charge >= 0.3 is 0 Å². The third-order valence-electron chi connectivity index (χ3n) is 2.90. The summed E-state index contributed by atoms with van der Waals surface area (Å²) in [4.78, 5) is 4.30. The highest BCUT2D eigenvalue weighted by molar-refractivity contribution is 7.09. The maximum Gasteiger partial charge on any atom is 0.231 e. The van der Waals surface area contributed by atoms with Gasteiger partial charge in [-0.15, -0.1) is 11.3 Å². The predicted octanol–water partition coefficient (Wildman–Crippen LogP) is 2.72. The molecule has 2 heterocycles. The Morgan fingerprint density at radius 2 is 2.39 bits per heavy atom. The van der Waals surface area contributed by atoms with Crippen molar-refractivity contribution in [2.75, 3.05) is 6.79 Å². The molecule has 3 rings (SSSR count). The zero-order chi connectivity index (χ0) is 12.4. The van der Waals surface area contributed by atoms with Gasteiger partial charge in [0.15, 0.2) is 11.5 Å². The van der Waals surface area contributed by atoms with Crippen LogP contribution < -0.4 is 14.8 Å². The van der Waals surface area contributed by atoms with Crippen LogP contribution in [-0.4, -0.2) is 11.8 Å². The van der Waals surface area contributed by atoms with Crippen LogP contribution >= 0.6 is 11.3 Å². The molecule has 18 heavy (non-hydrogen) atoms. The molecule has 1 aliphatic rings. The van der Waals surface area contributed by atoms with E-state index in [0.717, 1.165) is 28.6 Å². The molecule has 2 aromatic rings. The van der Waals surface area contributed by atoms with E-state index in [2.05, 4.69) is 23.3 Å². The van der Waals surface area contributed by atoms with Gasteiger partial charge in [-0.05, 0) is 13.0 Å². The van der Waals surface area contributed by atoms with Crippen LogP contribution in [-0.2, 0) is 6.54 Å². The Bertz CT molecular complexity index is 528. The molecule has 4 nitrogen and oxygen atoms in total. The van der Waals surface area contributed by atoms with E-state index in [1.807, 2.05) is 23.7 Å². The summed E-state index contributed by atoms with van der Waals surface area (Å²) >= 11 is 1.66. The fourth-order valence-electron chi connectivity index (χ4n) is 1.93. The van der Waals surface area contributed by atoms with Gasteiger partial charge in [0.2, 0.25) is 6.79 Å². The summed E-state index contributed by atoms with van der Waals surface area (Å²) in [7, 11) is 0. The summed E-state index contributed by atoms with van der Waals surface area (Å²) in [5, 5.41) is 6.53. The molecule has 0 radical (unpaired) electrons. The lowest BCUT2D eigenvalue weighted by Crippen LogP contribution is -2.18. The molecule has 0 saturated heterocycles. The first-order chi connectivity index (χ1) is 8.84. The van der Waals surface area contributed by atoms with Gasteiger partial charge in [-0.25, -0.2) is 4.98 Å². The van der Waals surface area contributed by atoms with Gasteiger partial charge in [0.05, 0.1) is 6.04 Å². The number of benzene rings is 1. The Morgan fingerprint density at radius 1 is 1.44 bits per heavy atom. The number of ether oxygens (including phenoxy) is 2. The number of rotatable bonds is 4. The topological polar surface area (TPSA) is 43.4 Å². The summed E-state index contributed by atoms with van der Waals surface area (Å²) in [6, 6.07) is 6.20. The minimum absolute atomic E-state index is 0.239. The van der Waals surface area contributed by atoms with E-state index in [1.165, 1.54) is 0 Å². The lowest BCUT2D eigenvalue weighted by Gasteiger charge is -2.12. The smallest absolute Gasteiger partial charge is 0.231 e. The van der Waals surface area contributed by atoms with Crippen molar-refractivity contribution in [3.8, 4) is 11.5 Å². The second kappa shape index (κ2) is 4.96. The molecule has 0 spiro atoms. The fraction of sp³-hybridized carbons (Fsp3) is 0.308. The summed E-state index contributed by atoms with van der Waals surface area (Å²) in [6.07, 6.45) is 1.83. The maximum absolute atomic E-state index is 5.48. The standard InChI is InChI=1S/C13H14N2O2S/c1-9(13-14-5-6-18-13)15-7-10-3-2-4-11-12(10)17-8-16-11/h2-6,9,15H,7-8H2,1H3. The van der Waals surface area contributed by atoms with Crippen molar-refractivity contribution in [1.29, 1.82) is 0 Å². The van der Waals surface area contributed by atoms with Crippen LogP contribution in [0.15, 0.2) is 29.8 Å². The van der Waals surface area contributed by atoms with Crippen molar-refractivity contribution in [3.05, 3.63) is 40.3 Å². The first-order valence-electron chi connectivity index (χ1n) is 5.85. The molecule has 1 atom stereocenters. The average molecular weight is 262 g/mol. The molecule has 1 aliphatic heterocycles. The van der Waals surface area contributed by atoms with Gasteiger partial charge < -0.3 is 14.8 Å². The van der Waals surface area contributed by atoms with Crippen LogP contribution in [0.25, 0.3) is 0 Å². The normalized spacial score (nSPS) is 14.7. The number of aromatic nitrogens is 1. The van der Waals surface area contributed by atoms with Crippen LogP contribution in [0.2, 0.25) is 0 Å². The highest BCUT2D eigenvalue weighted by Crippen LogP contribution is 2.35. The number of nitrogens with one attached hydrogen (secondary N) is 1. The first kappa shape index (κ1) is 11.5. The van der Waals surface area contributed by atoms with Gasteiger partial charge in [-0.3, -0.25) is 0 Å². The maximum atomic E-state index is 5.48.